The largest absolute Gasteiger partial charge is 0.505 e. The van der Waals surface area contributed by atoms with Gasteiger partial charge in [0, 0.05) is 49.0 Å². The molecule has 0 saturated carbocycles. The van der Waals surface area contributed by atoms with Crippen LogP contribution in [-0.2, 0) is 20.2 Å². The summed E-state index contributed by atoms with van der Waals surface area (Å²) in [6.45, 7) is 12.0. The quantitative estimate of drug-likeness (QED) is 0.0152. The summed E-state index contributed by atoms with van der Waals surface area (Å²) in [6, 6.07) is 12.5. The Morgan fingerprint density at radius 2 is 0.837 bits per heavy atom. The van der Waals surface area contributed by atoms with Gasteiger partial charge >= 0.3 is 23.9 Å². The minimum Gasteiger partial charge on any atom is -0.505 e. The van der Waals surface area contributed by atoms with Crippen LogP contribution < -0.4 is 31.1 Å². The second-order valence-corrected chi connectivity index (χ2v) is 24.2. The topological polar surface area (TPSA) is 480 Å². The van der Waals surface area contributed by atoms with Crippen LogP contribution in [0.2, 0.25) is 0 Å². The van der Waals surface area contributed by atoms with Crippen molar-refractivity contribution in [2.24, 2.45) is 20.5 Å². The molecule has 3 heterocycles. The molecule has 2 unspecified atom stereocenters. The number of piperazine rings is 1. The summed E-state index contributed by atoms with van der Waals surface area (Å²) in [4.78, 5) is 78.3. The number of carbonyl (C=O) groups is 4. The number of fused-ring (bicyclic) bond motifs is 2. The summed E-state index contributed by atoms with van der Waals surface area (Å²) >= 11 is 0. The van der Waals surface area contributed by atoms with E-state index in [1.54, 1.807) is 0 Å². The first-order valence-electron chi connectivity index (χ1n) is 28.2. The van der Waals surface area contributed by atoms with Crippen molar-refractivity contribution in [3.63, 3.8) is 0 Å². The molecule has 0 spiro atoms. The molecule has 2 aromatic heterocycles. The summed E-state index contributed by atoms with van der Waals surface area (Å²) in [6.07, 6.45) is 3.01. The second-order valence-electron chi connectivity index (χ2n) is 21.4. The van der Waals surface area contributed by atoms with Gasteiger partial charge in [-0.2, -0.15) is 57.0 Å². The number of phenols is 2. The van der Waals surface area contributed by atoms with Crippen LogP contribution in [0.5, 0.6) is 11.5 Å². The lowest BCUT2D eigenvalue weighted by molar-refractivity contribution is 0.0676. The van der Waals surface area contributed by atoms with Crippen molar-refractivity contribution in [3.8, 4) is 11.5 Å². The van der Waals surface area contributed by atoms with Crippen molar-refractivity contribution < 1.29 is 75.8 Å². The number of nitrogens with zero attached hydrogens (tertiary/aromatic N) is 12. The maximum Gasteiger partial charge on any atom is 0.335 e. The number of aromatic nitrogens is 6. The number of rotatable bonds is 24. The van der Waals surface area contributed by atoms with Crippen molar-refractivity contribution in [2.75, 3.05) is 57.2 Å². The summed E-state index contributed by atoms with van der Waals surface area (Å²) < 4.78 is 71.9. The number of phenolic OH excluding ortho intramolecular Hbond substituents is 2. The number of aromatic carboxylic acids is 4. The predicted molar refractivity (Wildman–Crippen MR) is 336 cm³/mol. The number of aryl methyl sites for hydroxylation is 2. The fourth-order valence-electron chi connectivity index (χ4n) is 9.97. The van der Waals surface area contributed by atoms with Crippen molar-refractivity contribution in [1.29, 1.82) is 0 Å². The zero-order valence-corrected chi connectivity index (χ0v) is 51.4. The van der Waals surface area contributed by atoms with E-state index in [1.807, 2.05) is 37.5 Å². The van der Waals surface area contributed by atoms with E-state index in [2.05, 4.69) is 51.7 Å². The molecule has 0 bridgehead atoms. The first-order chi connectivity index (χ1) is 43.5. The third-order valence-electron chi connectivity index (χ3n) is 14.5. The summed E-state index contributed by atoms with van der Waals surface area (Å²) in [5, 5.41) is 91.4. The van der Waals surface area contributed by atoms with Crippen LogP contribution in [-0.4, -0.2) is 149 Å². The zero-order chi connectivity index (χ0) is 66.7. The first-order valence-corrected chi connectivity index (χ1v) is 31.1. The number of azo groups is 2. The van der Waals surface area contributed by atoms with Gasteiger partial charge in [0.1, 0.15) is 11.4 Å². The van der Waals surface area contributed by atoms with E-state index in [-0.39, 0.29) is 116 Å². The molecule has 480 valence electrons. The standard InChI is InChI=1S/C58H60N16O16S2/c1-7-9-11-59-53-63-55(61-41-23-39(91(85,86)87)21-31-13-27(3)45(47(75)43(31)41)71-69-37-17-33(49(77)78)15-34(18-37)50(79)80)67-57(65-53)73-25-30(6)74(26-29(73)5)58-66-54(60-12-10-8-2)64-56(68-58)62-42-24-40(92(88,89)90)22-32-14-28(4)46(48(76)44(32)42)72-70-38-19-35(51(81)82)16-36(20-38)52(83)84/h13-24,29-30,75-76H,7-12,25-26H2,1-6H3,(H,77,78)(H,79,80)(H,81,82)(H,83,84)(H,85,86,87)(H,88,89,90)(H2,59,61,63,65,67)(H2,60,62,64,66,68). The number of carboxylic acid groups (broad SMARTS) is 4. The van der Waals surface area contributed by atoms with E-state index in [1.165, 1.54) is 26.0 Å². The molecule has 32 nitrogen and oxygen atoms in total. The Balaban J connectivity index is 1.08. The molecule has 8 aromatic rings. The average Bonchev–Trinajstić information content (AvgIpc) is 0.768. The van der Waals surface area contributed by atoms with Gasteiger partial charge in [0.2, 0.25) is 35.7 Å². The van der Waals surface area contributed by atoms with Crippen LogP contribution >= 0.6 is 0 Å². The lowest BCUT2D eigenvalue weighted by atomic mass is 10.0. The zero-order valence-electron chi connectivity index (χ0n) is 49.8. The van der Waals surface area contributed by atoms with Crippen molar-refractivity contribution in [2.45, 2.75) is 89.1 Å². The molecule has 1 fully saturated rings. The number of aromatic hydroxyl groups is 2. The predicted octanol–water partition coefficient (Wildman–Crippen LogP) is 10.5. The molecule has 1 aliphatic heterocycles. The van der Waals surface area contributed by atoms with Crippen molar-refractivity contribution in [1.82, 2.24) is 29.9 Å². The highest BCUT2D eigenvalue weighted by molar-refractivity contribution is 7.86. The molecule has 0 aliphatic carbocycles. The van der Waals surface area contributed by atoms with Crippen LogP contribution in [0, 0.1) is 13.8 Å². The number of anilines is 8. The average molecular weight is 1300 g/mol. The highest BCUT2D eigenvalue weighted by atomic mass is 32.2. The van der Waals surface area contributed by atoms with Gasteiger partial charge in [0.15, 0.2) is 11.5 Å². The Morgan fingerprint density at radius 3 is 1.15 bits per heavy atom. The van der Waals surface area contributed by atoms with Gasteiger partial charge in [-0.3, -0.25) is 9.11 Å². The second kappa shape index (κ2) is 26.7. The summed E-state index contributed by atoms with van der Waals surface area (Å²) in [5.74, 6) is -6.68. The van der Waals surface area contributed by atoms with Crippen LogP contribution in [0.15, 0.2) is 103 Å². The molecule has 34 heteroatoms. The van der Waals surface area contributed by atoms with Gasteiger partial charge in [-0.05, 0) is 135 Å². The minimum atomic E-state index is -4.90. The van der Waals surface area contributed by atoms with Crippen LogP contribution in [0.4, 0.5) is 69.8 Å². The third kappa shape index (κ3) is 14.7. The van der Waals surface area contributed by atoms with Crippen LogP contribution in [0.25, 0.3) is 21.5 Å². The molecule has 1 saturated heterocycles. The lowest BCUT2D eigenvalue weighted by Crippen LogP contribution is -2.57. The van der Waals surface area contributed by atoms with E-state index >= 15 is 0 Å². The maximum absolute atomic E-state index is 12.8. The number of benzene rings is 6. The Bertz CT molecular complexity index is 4260. The van der Waals surface area contributed by atoms with Gasteiger partial charge in [0.05, 0.1) is 54.8 Å². The molecular weight excluding hydrogens is 1240 g/mol. The molecule has 2 atom stereocenters. The molecule has 12 N–H and O–H groups in total. The molecule has 0 amide bonds. The number of unbranched alkanes of at least 4 members (excludes halogenated alkanes) is 2. The fraction of sp³-hybridized carbons (Fsp3) is 0.276. The molecular formula is C58H60N16O16S2. The van der Waals surface area contributed by atoms with Gasteiger partial charge < -0.3 is 61.7 Å². The summed E-state index contributed by atoms with van der Waals surface area (Å²) in [7, 11) is -9.80. The van der Waals surface area contributed by atoms with Crippen LogP contribution in [0.3, 0.4) is 0 Å². The number of hydrogen-bond acceptors (Lipinski definition) is 26. The molecule has 1 aliphatic rings. The molecule has 0 radical (unpaired) electrons. The van der Waals surface area contributed by atoms with E-state index in [0.29, 0.717) is 25.9 Å². The highest BCUT2D eigenvalue weighted by Gasteiger charge is 2.34. The molecule has 9 rings (SSSR count). The van der Waals surface area contributed by atoms with Gasteiger partial charge in [0.25, 0.3) is 20.2 Å². The highest BCUT2D eigenvalue weighted by Crippen LogP contribution is 2.46. The Kier molecular flexibility index (Phi) is 19.0. The van der Waals surface area contributed by atoms with Crippen LogP contribution in [0.1, 0.15) is 106 Å². The van der Waals surface area contributed by atoms with Crippen molar-refractivity contribution in [3.05, 3.63) is 106 Å². The smallest absolute Gasteiger partial charge is 0.335 e. The molecule has 6 aromatic carbocycles. The Labute approximate surface area is 523 Å². The fourth-order valence-corrected chi connectivity index (χ4v) is 11.1. The van der Waals surface area contributed by atoms with Crippen molar-refractivity contribution >= 4 is 135 Å². The van der Waals surface area contributed by atoms with Gasteiger partial charge in [-0.15, -0.1) is 10.2 Å². The summed E-state index contributed by atoms with van der Waals surface area (Å²) in [5.41, 5.74) is -2.06. The third-order valence-corrected chi connectivity index (χ3v) is 16.2. The van der Waals surface area contributed by atoms with E-state index < -0.39 is 99.7 Å². The maximum atomic E-state index is 12.8. The van der Waals surface area contributed by atoms with E-state index in [9.17, 15) is 75.8 Å². The number of carboxylic acids is 4. The normalized spacial score (nSPS) is 14.5. The Morgan fingerprint density at radius 1 is 0.500 bits per heavy atom. The Hall–Kier alpha value is -10.8. The van der Waals surface area contributed by atoms with Gasteiger partial charge in [-0.1, -0.05) is 26.7 Å². The van der Waals surface area contributed by atoms with E-state index in [4.69, 9.17) is 19.9 Å². The molecule has 92 heavy (non-hydrogen) atoms. The SMILES string of the molecule is CCCCNc1nc(Nc2cc(S(=O)(=O)O)cc3cc(C)c(N=Nc4cc(C(=O)O)cc(C(=O)O)c4)c(O)c23)nc(N2CC(C)N(c3nc(NCCCC)nc(Nc4cc(S(=O)(=O)O)cc5cc(C)c(N=Nc6cc(C(=O)O)cc(C(=O)O)c6)c(O)c45)n3)CC2C)n1. The monoisotopic (exact) mass is 1300 g/mol. The van der Waals surface area contributed by atoms with Gasteiger partial charge in [-0.25, -0.2) is 19.2 Å². The first kappa shape index (κ1) is 65.6. The lowest BCUT2D eigenvalue weighted by Gasteiger charge is -2.44. The van der Waals surface area contributed by atoms with E-state index in [0.717, 1.165) is 73.5 Å². The number of nitrogens with one attached hydrogen (secondary N) is 4. The number of hydrogen-bond donors (Lipinski definition) is 12. The minimum absolute atomic E-state index is 0.0468.